The molecule has 13 heteroatoms. The normalized spacial score (nSPS) is 10.1. The van der Waals surface area contributed by atoms with Gasteiger partial charge in [-0.25, -0.2) is 21.3 Å². The molecule has 0 spiro atoms. The Morgan fingerprint density at radius 2 is 1.46 bits per heavy atom. The van der Waals surface area contributed by atoms with E-state index < -0.39 is 11.9 Å². The van der Waals surface area contributed by atoms with Crippen molar-refractivity contribution in [2.75, 3.05) is 16.3 Å². The molecule has 1 aromatic heterocycles. The van der Waals surface area contributed by atoms with Crippen LogP contribution >= 0.6 is 0 Å². The first-order chi connectivity index (χ1) is 11.4. The molecular formula is C11H13N9O4. The molecule has 2 aromatic rings. The first-order valence-electron chi connectivity index (χ1n) is 6.22. The molecule has 0 amide bonds. The predicted octanol–water partition coefficient (Wildman–Crippen LogP) is -1.21. The number of hydrogen-bond donors (Lipinski definition) is 8. The molecule has 0 aliphatic heterocycles. The fourth-order valence-corrected chi connectivity index (χ4v) is 1.91. The van der Waals surface area contributed by atoms with Gasteiger partial charge in [-0.3, -0.25) is 16.7 Å². The van der Waals surface area contributed by atoms with Gasteiger partial charge in [0.05, 0.1) is 16.8 Å². The van der Waals surface area contributed by atoms with Crippen molar-refractivity contribution in [3.8, 4) is 11.4 Å². The first kappa shape index (κ1) is 16.8. The summed E-state index contributed by atoms with van der Waals surface area (Å²) in [6, 6.07) is 2.16. The van der Waals surface area contributed by atoms with Crippen LogP contribution in [0.3, 0.4) is 0 Å². The summed E-state index contributed by atoms with van der Waals surface area (Å²) < 4.78 is 0. The minimum Gasteiger partial charge on any atom is -0.478 e. The second kappa shape index (κ2) is 6.69. The molecule has 13 nitrogen and oxygen atoms in total. The van der Waals surface area contributed by atoms with Crippen molar-refractivity contribution in [1.29, 1.82) is 0 Å². The fraction of sp³-hybridized carbons (Fsp3) is 0. The van der Waals surface area contributed by atoms with E-state index in [1.54, 1.807) is 0 Å². The topological polar surface area (TPSA) is 227 Å². The summed E-state index contributed by atoms with van der Waals surface area (Å²) in [6.07, 6.45) is 0. The van der Waals surface area contributed by atoms with Gasteiger partial charge in [-0.05, 0) is 12.1 Å². The van der Waals surface area contributed by atoms with E-state index in [-0.39, 0.29) is 40.1 Å². The predicted molar refractivity (Wildman–Crippen MR) is 82.6 cm³/mol. The second-order valence-corrected chi connectivity index (χ2v) is 4.30. The van der Waals surface area contributed by atoms with Crippen LogP contribution in [-0.4, -0.2) is 37.1 Å². The number of nitrogens with one attached hydrogen (secondary N) is 3. The van der Waals surface area contributed by atoms with Gasteiger partial charge in [0.2, 0.25) is 11.9 Å². The molecule has 1 heterocycles. The number of nitrogens with two attached hydrogens (primary N) is 3. The lowest BCUT2D eigenvalue weighted by Gasteiger charge is -2.13. The number of nitrogen functional groups attached to an aromatic ring is 3. The maximum absolute atomic E-state index is 11.6. The lowest BCUT2D eigenvalue weighted by atomic mass is 10.0. The van der Waals surface area contributed by atoms with Gasteiger partial charge < -0.3 is 15.6 Å². The number of carboxylic acids is 2. The Morgan fingerprint density at radius 3 is 1.88 bits per heavy atom. The van der Waals surface area contributed by atoms with Gasteiger partial charge in [0, 0.05) is 5.56 Å². The molecule has 0 bridgehead atoms. The lowest BCUT2D eigenvalue weighted by molar-refractivity contribution is 0.0682. The Hall–Kier alpha value is -3.55. The summed E-state index contributed by atoms with van der Waals surface area (Å²) in [4.78, 5) is 34.4. The van der Waals surface area contributed by atoms with E-state index in [1.807, 2.05) is 0 Å². The van der Waals surface area contributed by atoms with Gasteiger partial charge in [0.15, 0.2) is 5.82 Å². The molecule has 24 heavy (non-hydrogen) atoms. The number of carboxylic acid groups (broad SMARTS) is 2. The van der Waals surface area contributed by atoms with E-state index in [4.69, 9.17) is 17.5 Å². The minimum absolute atomic E-state index is 0.118. The van der Waals surface area contributed by atoms with Crippen LogP contribution in [0.1, 0.15) is 20.7 Å². The molecule has 126 valence electrons. The van der Waals surface area contributed by atoms with Crippen molar-refractivity contribution in [3.05, 3.63) is 23.3 Å². The lowest BCUT2D eigenvalue weighted by Crippen LogP contribution is -2.18. The Labute approximate surface area is 133 Å². The van der Waals surface area contributed by atoms with Crippen LogP contribution in [0.15, 0.2) is 12.1 Å². The van der Waals surface area contributed by atoms with Crippen LogP contribution in [0.2, 0.25) is 0 Å². The van der Waals surface area contributed by atoms with Crippen molar-refractivity contribution >= 4 is 29.5 Å². The summed E-state index contributed by atoms with van der Waals surface area (Å²) in [5.74, 6) is 12.7. The van der Waals surface area contributed by atoms with Crippen molar-refractivity contribution < 1.29 is 19.8 Å². The number of aromatic carboxylic acids is 2. The average molecular weight is 335 g/mol. The molecular weight excluding hydrogens is 322 g/mol. The largest absolute Gasteiger partial charge is 0.478 e. The number of rotatable bonds is 6. The third-order valence-electron chi connectivity index (χ3n) is 2.89. The first-order valence-corrected chi connectivity index (χ1v) is 6.22. The number of aromatic nitrogens is 3. The third kappa shape index (κ3) is 3.12. The molecule has 0 aliphatic rings. The summed E-state index contributed by atoms with van der Waals surface area (Å²) in [5, 5.41) is 18.6. The van der Waals surface area contributed by atoms with Gasteiger partial charge in [0.25, 0.3) is 0 Å². The van der Waals surface area contributed by atoms with E-state index in [9.17, 15) is 19.8 Å². The molecule has 0 fully saturated rings. The van der Waals surface area contributed by atoms with E-state index >= 15 is 0 Å². The zero-order chi connectivity index (χ0) is 17.9. The van der Waals surface area contributed by atoms with Gasteiger partial charge in [0.1, 0.15) is 0 Å². The average Bonchev–Trinajstić information content (AvgIpc) is 2.59. The number of hydrogen-bond acceptors (Lipinski definition) is 11. The molecule has 0 unspecified atom stereocenters. The quantitative estimate of drug-likeness (QED) is 0.229. The van der Waals surface area contributed by atoms with Gasteiger partial charge in [-0.1, -0.05) is 0 Å². The zero-order valence-electron chi connectivity index (χ0n) is 11.9. The van der Waals surface area contributed by atoms with Crippen LogP contribution < -0.4 is 33.8 Å². The minimum atomic E-state index is -1.38. The van der Waals surface area contributed by atoms with E-state index in [2.05, 4.69) is 31.2 Å². The summed E-state index contributed by atoms with van der Waals surface area (Å²) in [5.41, 5.74) is 5.65. The number of benzene rings is 1. The third-order valence-corrected chi connectivity index (χ3v) is 2.89. The number of hydrazine groups is 3. The Balaban J connectivity index is 2.83. The smallest absolute Gasteiger partial charge is 0.338 e. The highest BCUT2D eigenvalue weighted by Crippen LogP contribution is 2.30. The Kier molecular flexibility index (Phi) is 4.69. The highest BCUT2D eigenvalue weighted by atomic mass is 16.4. The van der Waals surface area contributed by atoms with Gasteiger partial charge in [-0.15, -0.1) is 0 Å². The molecule has 0 saturated heterocycles. The fourth-order valence-electron chi connectivity index (χ4n) is 1.91. The molecule has 11 N–H and O–H groups in total. The van der Waals surface area contributed by atoms with Crippen LogP contribution in [0.5, 0.6) is 0 Å². The van der Waals surface area contributed by atoms with E-state index in [0.29, 0.717) is 0 Å². The van der Waals surface area contributed by atoms with Crippen LogP contribution in [0.4, 0.5) is 17.6 Å². The molecule has 0 aliphatic carbocycles. The Bertz CT molecular complexity index is 788. The monoisotopic (exact) mass is 335 g/mol. The highest BCUT2D eigenvalue weighted by Gasteiger charge is 2.23. The Morgan fingerprint density at radius 1 is 0.875 bits per heavy atom. The number of carbonyl (C=O) groups is 2. The van der Waals surface area contributed by atoms with Crippen LogP contribution in [0.25, 0.3) is 11.4 Å². The number of anilines is 3. The summed E-state index contributed by atoms with van der Waals surface area (Å²) >= 11 is 0. The van der Waals surface area contributed by atoms with Gasteiger partial charge >= 0.3 is 11.9 Å². The SMILES string of the molecule is NNc1nc(NN)nc(-c2cc(C(=O)O)cc(NN)c2C(=O)O)n1. The maximum atomic E-state index is 11.6. The van der Waals surface area contributed by atoms with Crippen molar-refractivity contribution in [1.82, 2.24) is 15.0 Å². The zero-order valence-corrected chi connectivity index (χ0v) is 11.9. The van der Waals surface area contributed by atoms with Crippen molar-refractivity contribution in [3.63, 3.8) is 0 Å². The maximum Gasteiger partial charge on any atom is 0.338 e. The van der Waals surface area contributed by atoms with E-state index in [0.717, 1.165) is 12.1 Å². The van der Waals surface area contributed by atoms with Crippen molar-refractivity contribution in [2.24, 2.45) is 17.5 Å². The second-order valence-electron chi connectivity index (χ2n) is 4.30. The van der Waals surface area contributed by atoms with Crippen molar-refractivity contribution in [2.45, 2.75) is 0 Å². The molecule has 2 rings (SSSR count). The standard InChI is InChI=1S/C11H13N9O4/c12-18-5-2-3(8(21)22)1-4(6(5)9(23)24)7-15-10(19-13)17-11(16-7)20-14/h1-2,18H,12-14H2,(H,21,22)(H,23,24)(H2,15,16,17,19,20). The van der Waals surface area contributed by atoms with Gasteiger partial charge in [-0.2, -0.15) is 15.0 Å². The highest BCUT2D eigenvalue weighted by molar-refractivity contribution is 6.04. The summed E-state index contributed by atoms with van der Waals surface area (Å²) in [6.45, 7) is 0. The number of nitrogens with zero attached hydrogens (tertiary/aromatic N) is 3. The van der Waals surface area contributed by atoms with Crippen LogP contribution in [0, 0.1) is 0 Å². The summed E-state index contributed by atoms with van der Waals surface area (Å²) in [7, 11) is 0. The van der Waals surface area contributed by atoms with Crippen LogP contribution in [-0.2, 0) is 0 Å². The molecule has 0 saturated carbocycles. The molecule has 0 atom stereocenters. The molecule has 1 aromatic carbocycles. The molecule has 0 radical (unpaired) electrons. The van der Waals surface area contributed by atoms with E-state index in [1.165, 1.54) is 0 Å².